The Balaban J connectivity index is 1.15. The van der Waals surface area contributed by atoms with Crippen LogP contribution in [0.15, 0.2) is 140 Å². The van der Waals surface area contributed by atoms with Crippen molar-refractivity contribution in [3.8, 4) is 44.5 Å². The highest BCUT2D eigenvalue weighted by atomic mass is 16.7. The van der Waals surface area contributed by atoms with Crippen molar-refractivity contribution in [3.05, 3.63) is 173 Å². The lowest BCUT2D eigenvalue weighted by Crippen LogP contribution is -2.26. The molecule has 3 heteroatoms. The number of anilines is 3. The first-order valence-corrected chi connectivity index (χ1v) is 20.4. The molecular weight excluding hydrogens is 683 g/mol. The van der Waals surface area contributed by atoms with E-state index < -0.39 is 5.79 Å². The van der Waals surface area contributed by atoms with Gasteiger partial charge in [0.15, 0.2) is 0 Å². The summed E-state index contributed by atoms with van der Waals surface area (Å²) >= 11 is 0. The van der Waals surface area contributed by atoms with E-state index in [2.05, 4.69) is 144 Å². The SMILES string of the molecule is c1ccc2c(c1)-c1cccc3c(N(c4cc(-c5c6c(cc7c5CCC7)CCC6)c5c(c4)C4(OCCO4)c4ccccc4-5)c4ccc5ccccc5c4)ccc-2c13. The van der Waals surface area contributed by atoms with Crippen LogP contribution in [0.3, 0.4) is 0 Å². The van der Waals surface area contributed by atoms with E-state index in [1.54, 1.807) is 22.3 Å². The first-order chi connectivity index (χ1) is 27.7. The highest BCUT2D eigenvalue weighted by molar-refractivity contribution is 6.19. The fraction of sp³-hybridized carbons (Fsp3) is 0.170. The van der Waals surface area contributed by atoms with E-state index in [0.29, 0.717) is 13.2 Å². The largest absolute Gasteiger partial charge is 0.340 e. The smallest absolute Gasteiger partial charge is 0.223 e. The van der Waals surface area contributed by atoms with Crippen molar-refractivity contribution in [1.29, 1.82) is 0 Å². The van der Waals surface area contributed by atoms with Crippen LogP contribution in [-0.2, 0) is 40.9 Å². The molecule has 0 amide bonds. The Kier molecular flexibility index (Phi) is 6.42. The average Bonchev–Trinajstić information content (AvgIpc) is 4.10. The van der Waals surface area contributed by atoms with Gasteiger partial charge in [-0.15, -0.1) is 0 Å². The Labute approximate surface area is 326 Å². The summed E-state index contributed by atoms with van der Waals surface area (Å²) in [5, 5.41) is 5.03. The summed E-state index contributed by atoms with van der Waals surface area (Å²) in [5.41, 5.74) is 22.4. The number of fused-ring (bicyclic) bond motifs is 11. The Morgan fingerprint density at radius 3 is 1.91 bits per heavy atom. The van der Waals surface area contributed by atoms with Crippen LogP contribution in [0.4, 0.5) is 17.1 Å². The van der Waals surface area contributed by atoms with E-state index in [0.717, 1.165) is 48.2 Å². The second-order valence-corrected chi connectivity index (χ2v) is 16.3. The fourth-order valence-corrected chi connectivity index (χ4v) is 11.2. The van der Waals surface area contributed by atoms with Crippen LogP contribution in [0.25, 0.3) is 66.1 Å². The summed E-state index contributed by atoms with van der Waals surface area (Å²) in [6, 6.07) is 52.4. The fourth-order valence-electron chi connectivity index (χ4n) is 11.2. The molecule has 4 aliphatic carbocycles. The standard InChI is InChI=1S/C53H39NO2/c1-2-11-33-29-36(23-22-32(33)10-1)54(49-25-24-43-41-15-4-3-14-40(41)42-19-9-20-45(49)51(42)43)37-30-46(50-38-17-7-12-34(38)28-35-13-8-18-39(35)50)52-44-16-5-6-21-47(44)53(48(52)31-37)55-26-27-56-53/h1-6,9-11,14-16,19-25,28-31H,7-8,12-13,17-18,26-27H2. The van der Waals surface area contributed by atoms with E-state index in [-0.39, 0.29) is 0 Å². The van der Waals surface area contributed by atoms with Crippen molar-refractivity contribution < 1.29 is 9.47 Å². The molecule has 8 aromatic carbocycles. The van der Waals surface area contributed by atoms with Crippen LogP contribution in [0.1, 0.15) is 46.2 Å². The molecule has 268 valence electrons. The van der Waals surface area contributed by atoms with Crippen molar-refractivity contribution >= 4 is 38.6 Å². The average molecular weight is 722 g/mol. The van der Waals surface area contributed by atoms with Gasteiger partial charge in [-0.3, -0.25) is 0 Å². The van der Waals surface area contributed by atoms with E-state index in [1.807, 2.05) is 0 Å². The molecule has 5 aliphatic rings. The van der Waals surface area contributed by atoms with Gasteiger partial charge in [-0.2, -0.15) is 0 Å². The Bertz CT molecular complexity index is 2940. The molecule has 0 bridgehead atoms. The molecule has 1 spiro atoms. The minimum absolute atomic E-state index is 0.563. The zero-order valence-corrected chi connectivity index (χ0v) is 31.2. The van der Waals surface area contributed by atoms with Crippen LogP contribution in [0.2, 0.25) is 0 Å². The molecule has 0 atom stereocenters. The third-order valence-corrected chi connectivity index (χ3v) is 13.5. The molecule has 13 rings (SSSR count). The zero-order valence-electron chi connectivity index (χ0n) is 31.2. The zero-order chi connectivity index (χ0) is 36.5. The van der Waals surface area contributed by atoms with E-state index in [1.165, 1.54) is 84.6 Å². The van der Waals surface area contributed by atoms with Gasteiger partial charge in [-0.05, 0) is 152 Å². The highest BCUT2D eigenvalue weighted by Gasteiger charge is 2.50. The Hall–Kier alpha value is -6.00. The van der Waals surface area contributed by atoms with Gasteiger partial charge in [0.2, 0.25) is 5.79 Å². The Morgan fingerprint density at radius 2 is 1.12 bits per heavy atom. The molecule has 56 heavy (non-hydrogen) atoms. The lowest BCUT2D eigenvalue weighted by Gasteiger charge is -2.31. The topological polar surface area (TPSA) is 21.7 Å². The third-order valence-electron chi connectivity index (χ3n) is 13.5. The maximum absolute atomic E-state index is 6.84. The number of benzene rings is 8. The molecule has 1 saturated heterocycles. The van der Waals surface area contributed by atoms with Gasteiger partial charge >= 0.3 is 0 Å². The lowest BCUT2D eigenvalue weighted by atomic mass is 9.84. The summed E-state index contributed by atoms with van der Waals surface area (Å²) < 4.78 is 13.7. The van der Waals surface area contributed by atoms with Crippen molar-refractivity contribution in [2.75, 3.05) is 18.1 Å². The van der Waals surface area contributed by atoms with E-state index >= 15 is 0 Å². The van der Waals surface area contributed by atoms with Gasteiger partial charge in [0, 0.05) is 27.9 Å². The first-order valence-electron chi connectivity index (χ1n) is 20.4. The summed E-state index contributed by atoms with van der Waals surface area (Å²) in [5.74, 6) is -0.948. The Morgan fingerprint density at radius 1 is 0.446 bits per heavy atom. The quantitative estimate of drug-likeness (QED) is 0.181. The van der Waals surface area contributed by atoms with Crippen LogP contribution < -0.4 is 4.90 Å². The van der Waals surface area contributed by atoms with Crippen LogP contribution in [-0.4, -0.2) is 13.2 Å². The normalized spacial score (nSPS) is 16.4. The van der Waals surface area contributed by atoms with Crippen molar-refractivity contribution in [2.24, 2.45) is 0 Å². The molecular formula is C53H39NO2. The number of rotatable bonds is 4. The predicted octanol–water partition coefficient (Wildman–Crippen LogP) is 13.0. The molecule has 0 aromatic heterocycles. The van der Waals surface area contributed by atoms with Gasteiger partial charge in [0.25, 0.3) is 0 Å². The number of hydrogen-bond donors (Lipinski definition) is 0. The van der Waals surface area contributed by atoms with Gasteiger partial charge in [-0.25, -0.2) is 0 Å². The molecule has 1 aliphatic heterocycles. The highest BCUT2D eigenvalue weighted by Crippen LogP contribution is 2.59. The van der Waals surface area contributed by atoms with Crippen LogP contribution in [0.5, 0.6) is 0 Å². The molecule has 0 unspecified atom stereocenters. The maximum Gasteiger partial charge on any atom is 0.223 e. The second kappa shape index (κ2) is 11.5. The van der Waals surface area contributed by atoms with Crippen LogP contribution in [0, 0.1) is 0 Å². The second-order valence-electron chi connectivity index (χ2n) is 16.3. The summed E-state index contributed by atoms with van der Waals surface area (Å²) in [6.07, 6.45) is 7.01. The number of ether oxygens (including phenoxy) is 2. The van der Waals surface area contributed by atoms with Gasteiger partial charge in [-0.1, -0.05) is 109 Å². The van der Waals surface area contributed by atoms with Crippen molar-refractivity contribution in [2.45, 2.75) is 44.3 Å². The molecule has 3 nitrogen and oxygen atoms in total. The molecule has 8 aromatic rings. The number of hydrogen-bond acceptors (Lipinski definition) is 3. The molecule has 1 fully saturated rings. The number of aryl methyl sites for hydroxylation is 2. The maximum atomic E-state index is 6.84. The molecule has 0 N–H and O–H groups in total. The first kappa shape index (κ1) is 31.2. The molecule has 1 heterocycles. The minimum atomic E-state index is -0.948. The third kappa shape index (κ3) is 4.14. The van der Waals surface area contributed by atoms with Gasteiger partial charge in [0.05, 0.1) is 18.9 Å². The van der Waals surface area contributed by atoms with Gasteiger partial charge < -0.3 is 14.4 Å². The van der Waals surface area contributed by atoms with E-state index in [9.17, 15) is 0 Å². The summed E-state index contributed by atoms with van der Waals surface area (Å²) in [7, 11) is 0. The lowest BCUT2D eigenvalue weighted by molar-refractivity contribution is -0.126. The minimum Gasteiger partial charge on any atom is -0.340 e. The van der Waals surface area contributed by atoms with Crippen LogP contribution >= 0.6 is 0 Å². The van der Waals surface area contributed by atoms with Crippen molar-refractivity contribution in [1.82, 2.24) is 0 Å². The summed E-state index contributed by atoms with van der Waals surface area (Å²) in [4.78, 5) is 2.52. The monoisotopic (exact) mass is 721 g/mol. The van der Waals surface area contributed by atoms with Gasteiger partial charge in [0.1, 0.15) is 0 Å². The summed E-state index contributed by atoms with van der Waals surface area (Å²) in [6.45, 7) is 1.13. The molecule has 0 radical (unpaired) electrons. The number of nitrogens with zero attached hydrogens (tertiary/aromatic N) is 1. The predicted molar refractivity (Wildman–Crippen MR) is 228 cm³/mol. The molecule has 0 saturated carbocycles. The van der Waals surface area contributed by atoms with E-state index in [4.69, 9.17) is 9.47 Å². The van der Waals surface area contributed by atoms with Crippen molar-refractivity contribution in [3.63, 3.8) is 0 Å².